The minimum atomic E-state index is -4.70. The van der Waals surface area contributed by atoms with Crippen molar-refractivity contribution in [3.63, 3.8) is 0 Å². The SMILES string of the molecule is CNC(c1cccc(C)c1)c1cccc(C(F)(F)F)c1F. The number of rotatable bonds is 3. The molecule has 21 heavy (non-hydrogen) atoms. The monoisotopic (exact) mass is 297 g/mol. The van der Waals surface area contributed by atoms with Crippen LogP contribution in [0.4, 0.5) is 17.6 Å². The van der Waals surface area contributed by atoms with Crippen molar-refractivity contribution in [2.75, 3.05) is 7.05 Å². The second-order valence-electron chi connectivity index (χ2n) is 4.84. The zero-order valence-corrected chi connectivity index (χ0v) is 11.6. The van der Waals surface area contributed by atoms with Crippen LogP contribution in [0.1, 0.15) is 28.3 Å². The molecule has 2 aromatic rings. The molecule has 112 valence electrons. The van der Waals surface area contributed by atoms with Crippen molar-refractivity contribution >= 4 is 0 Å². The van der Waals surface area contributed by atoms with Gasteiger partial charge in [0.1, 0.15) is 5.82 Å². The molecule has 1 N–H and O–H groups in total. The van der Waals surface area contributed by atoms with Gasteiger partial charge in [-0.25, -0.2) is 4.39 Å². The van der Waals surface area contributed by atoms with Crippen LogP contribution in [0.3, 0.4) is 0 Å². The first-order valence-corrected chi connectivity index (χ1v) is 6.44. The maximum absolute atomic E-state index is 14.2. The van der Waals surface area contributed by atoms with Crippen LogP contribution in [0, 0.1) is 12.7 Å². The Hall–Kier alpha value is -1.88. The van der Waals surface area contributed by atoms with E-state index in [4.69, 9.17) is 0 Å². The van der Waals surface area contributed by atoms with Crippen LogP contribution in [-0.2, 0) is 6.18 Å². The van der Waals surface area contributed by atoms with Crippen LogP contribution in [0.2, 0.25) is 0 Å². The molecule has 0 fully saturated rings. The van der Waals surface area contributed by atoms with E-state index in [1.807, 2.05) is 19.1 Å². The third-order valence-corrected chi connectivity index (χ3v) is 3.31. The molecule has 0 amide bonds. The molecule has 1 unspecified atom stereocenters. The van der Waals surface area contributed by atoms with Crippen molar-refractivity contribution in [1.82, 2.24) is 5.32 Å². The van der Waals surface area contributed by atoms with Crippen molar-refractivity contribution < 1.29 is 17.6 Å². The van der Waals surface area contributed by atoms with Crippen molar-refractivity contribution in [1.29, 1.82) is 0 Å². The summed E-state index contributed by atoms with van der Waals surface area (Å²) >= 11 is 0. The molecule has 0 aliphatic rings. The van der Waals surface area contributed by atoms with Gasteiger partial charge in [0.15, 0.2) is 0 Å². The fraction of sp³-hybridized carbons (Fsp3) is 0.250. The lowest BCUT2D eigenvalue weighted by atomic mass is 9.95. The summed E-state index contributed by atoms with van der Waals surface area (Å²) in [6, 6.07) is 9.96. The molecule has 2 rings (SSSR count). The number of hydrogen-bond donors (Lipinski definition) is 1. The van der Waals surface area contributed by atoms with E-state index in [-0.39, 0.29) is 5.56 Å². The number of hydrogen-bond acceptors (Lipinski definition) is 1. The number of benzene rings is 2. The number of alkyl halides is 3. The first-order chi connectivity index (χ1) is 9.84. The van der Waals surface area contributed by atoms with Crippen LogP contribution in [-0.4, -0.2) is 7.05 Å². The molecule has 0 aromatic heterocycles. The highest BCUT2D eigenvalue weighted by atomic mass is 19.4. The second kappa shape index (κ2) is 5.85. The zero-order valence-electron chi connectivity index (χ0n) is 11.6. The molecule has 0 bridgehead atoms. The van der Waals surface area contributed by atoms with E-state index >= 15 is 0 Å². The molecule has 5 heteroatoms. The van der Waals surface area contributed by atoms with Crippen molar-refractivity contribution in [3.05, 3.63) is 70.5 Å². The Morgan fingerprint density at radius 2 is 1.71 bits per heavy atom. The van der Waals surface area contributed by atoms with E-state index in [9.17, 15) is 17.6 Å². The quantitative estimate of drug-likeness (QED) is 0.825. The second-order valence-corrected chi connectivity index (χ2v) is 4.84. The molecule has 0 aliphatic heterocycles. The molecule has 0 saturated heterocycles. The Kier molecular flexibility index (Phi) is 4.32. The smallest absolute Gasteiger partial charge is 0.309 e. The molecular formula is C16H15F4N. The Bertz CT molecular complexity index is 634. The summed E-state index contributed by atoms with van der Waals surface area (Å²) in [7, 11) is 1.59. The van der Waals surface area contributed by atoms with E-state index in [1.54, 1.807) is 19.2 Å². The van der Waals surface area contributed by atoms with E-state index in [0.29, 0.717) is 0 Å². The molecule has 0 spiro atoms. The van der Waals surface area contributed by atoms with E-state index in [2.05, 4.69) is 5.32 Å². The van der Waals surface area contributed by atoms with Gasteiger partial charge in [-0.2, -0.15) is 13.2 Å². The summed E-state index contributed by atoms with van der Waals surface area (Å²) in [5.74, 6) is -1.23. The van der Waals surface area contributed by atoms with Crippen molar-refractivity contribution in [2.45, 2.75) is 19.1 Å². The maximum atomic E-state index is 14.2. The van der Waals surface area contributed by atoms with E-state index in [1.165, 1.54) is 12.1 Å². The van der Waals surface area contributed by atoms with Gasteiger partial charge < -0.3 is 5.32 Å². The van der Waals surface area contributed by atoms with Crippen molar-refractivity contribution in [2.24, 2.45) is 0 Å². The fourth-order valence-corrected chi connectivity index (χ4v) is 2.34. The Morgan fingerprint density at radius 1 is 1.05 bits per heavy atom. The minimum Gasteiger partial charge on any atom is -0.309 e. The topological polar surface area (TPSA) is 12.0 Å². The number of aryl methyl sites for hydroxylation is 1. The first kappa shape index (κ1) is 15.5. The normalized spacial score (nSPS) is 13.2. The highest BCUT2D eigenvalue weighted by molar-refractivity contribution is 5.37. The molecule has 2 aromatic carbocycles. The maximum Gasteiger partial charge on any atom is 0.419 e. The molecule has 0 saturated carbocycles. The van der Waals surface area contributed by atoms with Gasteiger partial charge in [-0.15, -0.1) is 0 Å². The van der Waals surface area contributed by atoms with Gasteiger partial charge in [0.05, 0.1) is 11.6 Å². The van der Waals surface area contributed by atoms with Gasteiger partial charge in [0, 0.05) is 5.56 Å². The van der Waals surface area contributed by atoms with E-state index in [0.717, 1.165) is 17.2 Å². The van der Waals surface area contributed by atoms with Gasteiger partial charge in [-0.3, -0.25) is 0 Å². The lowest BCUT2D eigenvalue weighted by Crippen LogP contribution is -2.21. The predicted molar refractivity (Wildman–Crippen MR) is 73.5 cm³/mol. The highest BCUT2D eigenvalue weighted by Gasteiger charge is 2.35. The summed E-state index contributed by atoms with van der Waals surface area (Å²) in [4.78, 5) is 0. The van der Waals surface area contributed by atoms with Gasteiger partial charge >= 0.3 is 6.18 Å². The predicted octanol–water partition coefficient (Wildman–Crippen LogP) is 4.46. The third-order valence-electron chi connectivity index (χ3n) is 3.31. The summed E-state index contributed by atoms with van der Waals surface area (Å²) < 4.78 is 52.6. The van der Waals surface area contributed by atoms with Crippen LogP contribution >= 0.6 is 0 Å². The van der Waals surface area contributed by atoms with Crippen LogP contribution < -0.4 is 5.32 Å². The molecule has 0 aliphatic carbocycles. The first-order valence-electron chi connectivity index (χ1n) is 6.44. The van der Waals surface area contributed by atoms with Crippen LogP contribution in [0.25, 0.3) is 0 Å². The summed E-state index contributed by atoms with van der Waals surface area (Å²) in [5.41, 5.74) is 0.418. The molecule has 1 atom stereocenters. The summed E-state index contributed by atoms with van der Waals surface area (Å²) in [5, 5.41) is 2.87. The Balaban J connectivity index is 2.54. The number of nitrogens with one attached hydrogen (secondary N) is 1. The van der Waals surface area contributed by atoms with Crippen LogP contribution in [0.15, 0.2) is 42.5 Å². The lowest BCUT2D eigenvalue weighted by molar-refractivity contribution is -0.140. The third kappa shape index (κ3) is 3.24. The lowest BCUT2D eigenvalue weighted by Gasteiger charge is -2.20. The summed E-state index contributed by atoms with van der Waals surface area (Å²) in [6.45, 7) is 1.87. The van der Waals surface area contributed by atoms with Gasteiger partial charge in [-0.05, 0) is 25.6 Å². The highest BCUT2D eigenvalue weighted by Crippen LogP contribution is 2.35. The largest absolute Gasteiger partial charge is 0.419 e. The fourth-order valence-electron chi connectivity index (χ4n) is 2.34. The van der Waals surface area contributed by atoms with Crippen LogP contribution in [0.5, 0.6) is 0 Å². The zero-order chi connectivity index (χ0) is 15.6. The minimum absolute atomic E-state index is 0.0158. The van der Waals surface area contributed by atoms with Gasteiger partial charge in [0.25, 0.3) is 0 Å². The van der Waals surface area contributed by atoms with Crippen molar-refractivity contribution in [3.8, 4) is 0 Å². The summed E-state index contributed by atoms with van der Waals surface area (Å²) in [6.07, 6.45) is -4.70. The van der Waals surface area contributed by atoms with E-state index < -0.39 is 23.6 Å². The Morgan fingerprint density at radius 3 is 2.29 bits per heavy atom. The Labute approximate surface area is 120 Å². The number of halogens is 4. The molecule has 0 heterocycles. The molecule has 0 radical (unpaired) electrons. The van der Waals surface area contributed by atoms with Gasteiger partial charge in [0.2, 0.25) is 0 Å². The average molecular weight is 297 g/mol. The molecular weight excluding hydrogens is 282 g/mol. The standard InChI is InChI=1S/C16H15F4N/c1-10-5-3-6-11(9-10)15(21-2)12-7-4-8-13(14(12)17)16(18,19)20/h3-9,15,21H,1-2H3. The van der Waals surface area contributed by atoms with Gasteiger partial charge in [-0.1, -0.05) is 42.0 Å². The average Bonchev–Trinajstić information content (AvgIpc) is 2.40. The molecule has 1 nitrogen and oxygen atoms in total.